The first-order valence-corrected chi connectivity index (χ1v) is 5.14. The monoisotopic (exact) mass is 188 g/mol. The Labute approximate surface area is 80.6 Å². The molecule has 0 aliphatic rings. The van der Waals surface area contributed by atoms with E-state index >= 15 is 0 Å². The molecule has 71 valence electrons. The Morgan fingerprint density at radius 3 is 2.50 bits per heavy atom. The van der Waals surface area contributed by atoms with E-state index in [2.05, 4.69) is 24.6 Å². The van der Waals surface area contributed by atoms with Gasteiger partial charge in [0.2, 0.25) is 0 Å². The number of hydrogen-bond donors (Lipinski definition) is 0. The van der Waals surface area contributed by atoms with Crippen molar-refractivity contribution in [1.82, 2.24) is 5.48 Å². The third-order valence-corrected chi connectivity index (χ3v) is 1.79. The second kappa shape index (κ2) is 10.8. The molecule has 0 saturated carbocycles. The van der Waals surface area contributed by atoms with Crippen LogP contribution >= 0.6 is 12.2 Å². The molecule has 0 amide bonds. The molecule has 1 radical (unpaired) electrons. The summed E-state index contributed by atoms with van der Waals surface area (Å²) in [5, 5.41) is 0. The van der Waals surface area contributed by atoms with Crippen LogP contribution < -0.4 is 5.48 Å². The van der Waals surface area contributed by atoms with Crippen LogP contribution in [0.5, 0.6) is 0 Å². The molecule has 0 aromatic carbocycles. The van der Waals surface area contributed by atoms with Crippen LogP contribution in [-0.4, -0.2) is 12.1 Å². The summed E-state index contributed by atoms with van der Waals surface area (Å²) in [7, 11) is 0. The number of unbranched alkanes of at least 4 members (excludes halogenated alkanes) is 5. The molecule has 0 bridgehead atoms. The van der Waals surface area contributed by atoms with E-state index in [1.165, 1.54) is 37.6 Å². The zero-order chi connectivity index (χ0) is 9.07. The maximum Gasteiger partial charge on any atom is 0.117 e. The molecule has 0 fully saturated rings. The third-order valence-electron chi connectivity index (χ3n) is 1.71. The Hall–Kier alpha value is -0.150. The molecule has 12 heavy (non-hydrogen) atoms. The van der Waals surface area contributed by atoms with Crippen LogP contribution in [-0.2, 0) is 4.84 Å². The van der Waals surface area contributed by atoms with Crippen molar-refractivity contribution in [2.24, 2.45) is 0 Å². The number of hydrogen-bond acceptors (Lipinski definition) is 2. The van der Waals surface area contributed by atoms with E-state index in [4.69, 9.17) is 4.84 Å². The van der Waals surface area contributed by atoms with E-state index < -0.39 is 0 Å². The van der Waals surface area contributed by atoms with Gasteiger partial charge in [-0.2, -0.15) is 0 Å². The van der Waals surface area contributed by atoms with Crippen LogP contribution in [0.1, 0.15) is 45.4 Å². The van der Waals surface area contributed by atoms with Crippen molar-refractivity contribution in [1.29, 1.82) is 0 Å². The van der Waals surface area contributed by atoms with Crippen molar-refractivity contribution < 1.29 is 4.84 Å². The first kappa shape index (κ1) is 11.8. The predicted molar refractivity (Wildman–Crippen MR) is 55.1 cm³/mol. The molecule has 0 rings (SSSR count). The molecule has 0 N–H and O–H groups in total. The van der Waals surface area contributed by atoms with E-state index in [0.29, 0.717) is 6.61 Å². The van der Waals surface area contributed by atoms with E-state index in [1.807, 2.05) is 0 Å². The van der Waals surface area contributed by atoms with Gasteiger partial charge in [-0.25, -0.2) is 0 Å². The van der Waals surface area contributed by atoms with E-state index in [-0.39, 0.29) is 0 Å². The van der Waals surface area contributed by atoms with Gasteiger partial charge < -0.3 is 0 Å². The average Bonchev–Trinajstić information content (AvgIpc) is 2.10. The lowest BCUT2D eigenvalue weighted by molar-refractivity contribution is 0.0792. The Kier molecular flexibility index (Phi) is 10.7. The zero-order valence-corrected chi connectivity index (χ0v) is 8.61. The standard InChI is InChI=1S/C9H18NOS/c1-2-3-4-5-6-7-8-11-10-9-12/h9H,2-8H2,1H3. The van der Waals surface area contributed by atoms with Gasteiger partial charge in [0.1, 0.15) is 5.49 Å². The summed E-state index contributed by atoms with van der Waals surface area (Å²) in [6, 6.07) is 0. The highest BCUT2D eigenvalue weighted by Gasteiger charge is 1.89. The first-order valence-electron chi connectivity index (χ1n) is 4.67. The lowest BCUT2D eigenvalue weighted by atomic mass is 10.1. The smallest absolute Gasteiger partial charge is 0.117 e. The Bertz CT molecular complexity index is 98.5. The van der Waals surface area contributed by atoms with Crippen LogP contribution in [0.15, 0.2) is 0 Å². The fourth-order valence-electron chi connectivity index (χ4n) is 1.03. The van der Waals surface area contributed by atoms with Crippen molar-refractivity contribution in [3.8, 4) is 0 Å². The molecule has 2 nitrogen and oxygen atoms in total. The van der Waals surface area contributed by atoms with Gasteiger partial charge in [0.15, 0.2) is 0 Å². The second-order valence-electron chi connectivity index (χ2n) is 2.81. The quantitative estimate of drug-likeness (QED) is 0.315. The number of nitrogens with zero attached hydrogens (tertiary/aromatic N) is 1. The van der Waals surface area contributed by atoms with Crippen molar-refractivity contribution in [2.75, 3.05) is 6.61 Å². The van der Waals surface area contributed by atoms with Crippen molar-refractivity contribution in [2.45, 2.75) is 45.4 Å². The largest absolute Gasteiger partial charge is 0.251 e. The Morgan fingerprint density at radius 2 is 1.83 bits per heavy atom. The minimum Gasteiger partial charge on any atom is -0.251 e. The molecule has 0 aliphatic carbocycles. The van der Waals surface area contributed by atoms with Crippen molar-refractivity contribution in [3.05, 3.63) is 0 Å². The van der Waals surface area contributed by atoms with Gasteiger partial charge in [0.25, 0.3) is 0 Å². The molecular weight excluding hydrogens is 170 g/mol. The Morgan fingerprint density at radius 1 is 1.17 bits per heavy atom. The number of thiocarbonyl (C=S) groups is 1. The van der Waals surface area contributed by atoms with Crippen molar-refractivity contribution in [3.63, 3.8) is 0 Å². The van der Waals surface area contributed by atoms with E-state index in [0.717, 1.165) is 6.42 Å². The average molecular weight is 188 g/mol. The minimum absolute atomic E-state index is 0.708. The summed E-state index contributed by atoms with van der Waals surface area (Å²) in [6.45, 7) is 2.93. The van der Waals surface area contributed by atoms with E-state index in [9.17, 15) is 0 Å². The summed E-state index contributed by atoms with van der Waals surface area (Å²) in [4.78, 5) is 4.85. The minimum atomic E-state index is 0.708. The van der Waals surface area contributed by atoms with Gasteiger partial charge >= 0.3 is 0 Å². The summed E-state index contributed by atoms with van der Waals surface area (Å²) in [5.41, 5.74) is 4.76. The molecule has 0 aromatic rings. The second-order valence-corrected chi connectivity index (χ2v) is 3.02. The van der Waals surface area contributed by atoms with Crippen LogP contribution in [0.4, 0.5) is 0 Å². The molecule has 0 saturated heterocycles. The van der Waals surface area contributed by atoms with Crippen LogP contribution in [0.2, 0.25) is 0 Å². The molecule has 0 atom stereocenters. The van der Waals surface area contributed by atoms with Crippen LogP contribution in [0.3, 0.4) is 0 Å². The third kappa shape index (κ3) is 9.85. The normalized spacial score (nSPS) is 9.75. The van der Waals surface area contributed by atoms with Gasteiger partial charge in [-0.3, -0.25) is 4.84 Å². The maximum absolute atomic E-state index is 4.85. The Balaban J connectivity index is 2.77. The number of hydroxylamine groups is 1. The lowest BCUT2D eigenvalue weighted by Gasteiger charge is -1.99. The highest BCUT2D eigenvalue weighted by Crippen LogP contribution is 2.04. The van der Waals surface area contributed by atoms with Gasteiger partial charge in [-0.05, 0) is 6.42 Å². The van der Waals surface area contributed by atoms with Gasteiger partial charge in [0.05, 0.1) is 6.61 Å². The van der Waals surface area contributed by atoms with Gasteiger partial charge in [-0.15, -0.1) is 5.48 Å². The molecule has 0 aromatic heterocycles. The van der Waals surface area contributed by atoms with Gasteiger partial charge in [-0.1, -0.05) is 51.2 Å². The fraction of sp³-hybridized carbons (Fsp3) is 0.889. The predicted octanol–water partition coefficient (Wildman–Crippen LogP) is 2.84. The summed E-state index contributed by atoms with van der Waals surface area (Å²) in [6.07, 6.45) is 7.65. The highest BCUT2D eigenvalue weighted by molar-refractivity contribution is 7.78. The number of rotatable bonds is 9. The molecular formula is C9H18NOS. The fourth-order valence-corrected chi connectivity index (χ4v) is 1.09. The maximum atomic E-state index is 4.85. The van der Waals surface area contributed by atoms with Crippen LogP contribution in [0.25, 0.3) is 0 Å². The zero-order valence-electron chi connectivity index (χ0n) is 7.79. The summed E-state index contributed by atoms with van der Waals surface area (Å²) < 4.78 is 0. The molecule has 3 heteroatoms. The van der Waals surface area contributed by atoms with Crippen LogP contribution in [0, 0.1) is 0 Å². The van der Waals surface area contributed by atoms with Gasteiger partial charge in [0, 0.05) is 0 Å². The summed E-state index contributed by atoms with van der Waals surface area (Å²) in [5.74, 6) is 0. The lowest BCUT2D eigenvalue weighted by Crippen LogP contribution is -2.03. The molecule has 0 spiro atoms. The molecule has 0 aliphatic heterocycles. The summed E-state index contributed by atoms with van der Waals surface area (Å²) >= 11 is 4.47. The SMILES string of the molecule is CCCCCCCCO[N]C=S. The molecule has 0 unspecified atom stereocenters. The molecule has 0 heterocycles. The van der Waals surface area contributed by atoms with Crippen molar-refractivity contribution >= 4 is 17.7 Å². The van der Waals surface area contributed by atoms with E-state index in [1.54, 1.807) is 0 Å². The topological polar surface area (TPSA) is 23.3 Å². The first-order chi connectivity index (χ1) is 5.91. The highest BCUT2D eigenvalue weighted by atomic mass is 32.1.